The van der Waals surface area contributed by atoms with E-state index in [1.54, 1.807) is 4.68 Å². The molecule has 0 aliphatic carbocycles. The molecule has 0 fully saturated rings. The molecule has 0 saturated heterocycles. The van der Waals surface area contributed by atoms with Gasteiger partial charge in [-0.3, -0.25) is 4.79 Å². The monoisotopic (exact) mass is 398 g/mol. The summed E-state index contributed by atoms with van der Waals surface area (Å²) in [6.45, 7) is 2.65. The Morgan fingerprint density at radius 1 is 1.13 bits per heavy atom. The summed E-state index contributed by atoms with van der Waals surface area (Å²) < 4.78 is 1.72. The lowest BCUT2D eigenvalue weighted by Gasteiger charge is -2.22. The third kappa shape index (κ3) is 2.82. The second kappa shape index (κ2) is 6.95. The Bertz CT molecular complexity index is 1260. The molecule has 3 heterocycles. The lowest BCUT2D eigenvalue weighted by molar-refractivity contribution is -0.119. The van der Waals surface area contributed by atoms with Gasteiger partial charge in [0.2, 0.25) is 5.91 Å². The van der Waals surface area contributed by atoms with E-state index in [-0.39, 0.29) is 11.8 Å². The van der Waals surface area contributed by atoms with Crippen molar-refractivity contribution < 1.29 is 4.79 Å². The van der Waals surface area contributed by atoms with Crippen LogP contribution in [0.3, 0.4) is 0 Å². The SMILES string of the molecule is C[C@H](C(=O)N1CCc2cc(-c3nn(C)c4ncnc(N)c34)ccc21)c1ccccc1. The van der Waals surface area contributed by atoms with E-state index in [0.717, 1.165) is 39.9 Å². The number of carbonyl (C=O) groups is 1. The molecule has 0 bridgehead atoms. The van der Waals surface area contributed by atoms with E-state index in [9.17, 15) is 4.79 Å². The quantitative estimate of drug-likeness (QED) is 0.572. The summed E-state index contributed by atoms with van der Waals surface area (Å²) in [5.41, 5.74) is 11.7. The van der Waals surface area contributed by atoms with E-state index in [2.05, 4.69) is 21.1 Å². The van der Waals surface area contributed by atoms with E-state index in [0.29, 0.717) is 18.0 Å². The topological polar surface area (TPSA) is 89.9 Å². The molecule has 4 aromatic rings. The average molecular weight is 398 g/mol. The van der Waals surface area contributed by atoms with Gasteiger partial charge in [0.15, 0.2) is 5.65 Å². The van der Waals surface area contributed by atoms with Crippen LogP contribution in [0, 0.1) is 0 Å². The number of aromatic nitrogens is 4. The smallest absolute Gasteiger partial charge is 0.234 e. The Hall–Kier alpha value is -3.74. The lowest BCUT2D eigenvalue weighted by atomic mass is 9.99. The molecule has 0 radical (unpaired) electrons. The van der Waals surface area contributed by atoms with Crippen LogP contribution in [0.2, 0.25) is 0 Å². The van der Waals surface area contributed by atoms with Crippen LogP contribution in [0.25, 0.3) is 22.3 Å². The number of anilines is 2. The number of benzene rings is 2. The van der Waals surface area contributed by atoms with Gasteiger partial charge in [0.05, 0.1) is 11.3 Å². The van der Waals surface area contributed by atoms with E-state index in [4.69, 9.17) is 5.73 Å². The zero-order chi connectivity index (χ0) is 20.8. The van der Waals surface area contributed by atoms with Gasteiger partial charge in [-0.25, -0.2) is 14.6 Å². The largest absolute Gasteiger partial charge is 0.383 e. The lowest BCUT2D eigenvalue weighted by Crippen LogP contribution is -2.32. The minimum Gasteiger partial charge on any atom is -0.383 e. The molecule has 1 aliphatic rings. The molecule has 2 aromatic heterocycles. The average Bonchev–Trinajstić information content (AvgIpc) is 3.35. The fourth-order valence-electron chi connectivity index (χ4n) is 4.21. The second-order valence-electron chi connectivity index (χ2n) is 7.65. The van der Waals surface area contributed by atoms with E-state index >= 15 is 0 Å². The van der Waals surface area contributed by atoms with Crippen LogP contribution >= 0.6 is 0 Å². The van der Waals surface area contributed by atoms with Crippen LogP contribution in [0.4, 0.5) is 11.5 Å². The first kappa shape index (κ1) is 18.3. The van der Waals surface area contributed by atoms with Gasteiger partial charge in [-0.2, -0.15) is 5.10 Å². The third-order valence-electron chi connectivity index (χ3n) is 5.83. The molecule has 0 saturated carbocycles. The van der Waals surface area contributed by atoms with E-state index in [1.165, 1.54) is 6.33 Å². The Labute approximate surface area is 174 Å². The Kier molecular flexibility index (Phi) is 4.24. The number of hydrogen-bond acceptors (Lipinski definition) is 5. The fraction of sp³-hybridized carbons (Fsp3) is 0.217. The summed E-state index contributed by atoms with van der Waals surface area (Å²) >= 11 is 0. The van der Waals surface area contributed by atoms with Crippen molar-refractivity contribution in [2.75, 3.05) is 17.2 Å². The molecule has 1 aliphatic heterocycles. The van der Waals surface area contributed by atoms with E-state index < -0.39 is 0 Å². The first-order valence-electron chi connectivity index (χ1n) is 9.97. The summed E-state index contributed by atoms with van der Waals surface area (Å²) in [7, 11) is 1.84. The van der Waals surface area contributed by atoms with Crippen LogP contribution in [-0.2, 0) is 18.3 Å². The van der Waals surface area contributed by atoms with Gasteiger partial charge in [-0.05, 0) is 36.6 Å². The highest BCUT2D eigenvalue weighted by Crippen LogP contribution is 2.36. The molecule has 7 heteroatoms. The maximum atomic E-state index is 13.2. The minimum atomic E-state index is -0.187. The fourth-order valence-corrected chi connectivity index (χ4v) is 4.21. The van der Waals surface area contributed by atoms with Crippen molar-refractivity contribution >= 4 is 28.4 Å². The summed E-state index contributed by atoms with van der Waals surface area (Å²) in [4.78, 5) is 23.5. The molecule has 1 atom stereocenters. The minimum absolute atomic E-state index is 0.119. The number of nitrogens with two attached hydrogens (primary N) is 1. The van der Waals surface area contributed by atoms with Crippen molar-refractivity contribution in [2.24, 2.45) is 7.05 Å². The van der Waals surface area contributed by atoms with E-state index in [1.807, 2.05) is 61.3 Å². The summed E-state index contributed by atoms with van der Waals surface area (Å²) in [5.74, 6) is 0.347. The first-order chi connectivity index (χ1) is 14.5. The van der Waals surface area contributed by atoms with Crippen molar-refractivity contribution in [1.82, 2.24) is 19.7 Å². The molecule has 2 aromatic carbocycles. The zero-order valence-electron chi connectivity index (χ0n) is 16.9. The number of rotatable bonds is 3. The molecule has 0 unspecified atom stereocenters. The second-order valence-corrected chi connectivity index (χ2v) is 7.65. The van der Waals surface area contributed by atoms with Gasteiger partial charge >= 0.3 is 0 Å². The van der Waals surface area contributed by atoms with Crippen LogP contribution in [-0.4, -0.2) is 32.2 Å². The van der Waals surface area contributed by atoms with Crippen LogP contribution in [0.1, 0.15) is 24.0 Å². The molecule has 0 spiro atoms. The van der Waals surface area contributed by atoms with Gasteiger partial charge in [0.25, 0.3) is 0 Å². The summed E-state index contributed by atoms with van der Waals surface area (Å²) in [5, 5.41) is 5.38. The van der Waals surface area contributed by atoms with Crippen LogP contribution in [0.5, 0.6) is 0 Å². The molecule has 150 valence electrons. The summed E-state index contributed by atoms with van der Waals surface area (Å²) in [6.07, 6.45) is 2.26. The molecule has 5 rings (SSSR count). The maximum Gasteiger partial charge on any atom is 0.234 e. The van der Waals surface area contributed by atoms with Crippen LogP contribution in [0.15, 0.2) is 54.9 Å². The molecule has 1 amide bonds. The van der Waals surface area contributed by atoms with Crippen molar-refractivity contribution in [2.45, 2.75) is 19.3 Å². The molecule has 30 heavy (non-hydrogen) atoms. The number of amides is 1. The standard InChI is InChI=1S/C23H22N6O/c1-14(15-6-4-3-5-7-15)23(30)29-11-10-16-12-17(8-9-18(16)29)20-19-21(24)25-13-26-22(19)28(2)27-20/h3-9,12-14H,10-11H2,1-2H3,(H2,24,25,26)/t14-/m0/s1. The number of carbonyl (C=O) groups excluding carboxylic acids is 1. The third-order valence-corrected chi connectivity index (χ3v) is 5.83. The van der Waals surface area contributed by atoms with Crippen molar-refractivity contribution in [1.29, 1.82) is 0 Å². The van der Waals surface area contributed by atoms with Gasteiger partial charge < -0.3 is 10.6 Å². The van der Waals surface area contributed by atoms with Crippen molar-refractivity contribution in [3.63, 3.8) is 0 Å². The molecule has 7 nitrogen and oxygen atoms in total. The first-order valence-corrected chi connectivity index (χ1v) is 9.97. The highest BCUT2D eigenvalue weighted by molar-refractivity contribution is 6.01. The van der Waals surface area contributed by atoms with Gasteiger partial charge in [0.1, 0.15) is 17.8 Å². The van der Waals surface area contributed by atoms with Gasteiger partial charge in [-0.15, -0.1) is 0 Å². The Morgan fingerprint density at radius 2 is 1.93 bits per heavy atom. The van der Waals surface area contributed by atoms with Gasteiger partial charge in [-0.1, -0.05) is 36.4 Å². The Balaban J connectivity index is 1.50. The number of hydrogen-bond donors (Lipinski definition) is 1. The predicted octanol–water partition coefficient (Wildman–Crippen LogP) is 3.31. The van der Waals surface area contributed by atoms with Gasteiger partial charge in [0, 0.05) is 24.8 Å². The zero-order valence-corrected chi connectivity index (χ0v) is 16.9. The molecular weight excluding hydrogens is 376 g/mol. The molecular formula is C23H22N6O. The van der Waals surface area contributed by atoms with Crippen LogP contribution < -0.4 is 10.6 Å². The normalized spacial score (nSPS) is 14.1. The highest BCUT2D eigenvalue weighted by Gasteiger charge is 2.29. The Morgan fingerprint density at radius 3 is 2.73 bits per heavy atom. The maximum absolute atomic E-state index is 13.2. The number of fused-ring (bicyclic) bond motifs is 2. The number of aryl methyl sites for hydroxylation is 1. The molecule has 2 N–H and O–H groups in total. The van der Waals surface area contributed by atoms with Crippen molar-refractivity contribution in [3.05, 3.63) is 66.0 Å². The predicted molar refractivity (Wildman–Crippen MR) is 117 cm³/mol. The number of nitrogens with zero attached hydrogens (tertiary/aromatic N) is 5. The van der Waals surface area contributed by atoms with Crippen molar-refractivity contribution in [3.8, 4) is 11.3 Å². The number of nitrogen functional groups attached to an aromatic ring is 1. The summed E-state index contributed by atoms with van der Waals surface area (Å²) in [6, 6.07) is 16.0. The highest BCUT2D eigenvalue weighted by atomic mass is 16.2.